The Labute approximate surface area is 181 Å². The molecule has 2 aromatic heterocycles. The Morgan fingerprint density at radius 1 is 1.20 bits per heavy atom. The summed E-state index contributed by atoms with van der Waals surface area (Å²) >= 11 is 1.69. The lowest BCUT2D eigenvalue weighted by molar-refractivity contribution is -0.121. The first-order valence-corrected chi connectivity index (χ1v) is 12.4. The van der Waals surface area contributed by atoms with Crippen molar-refractivity contribution in [1.82, 2.24) is 19.2 Å². The van der Waals surface area contributed by atoms with Crippen LogP contribution in [0.25, 0.3) is 11.0 Å². The minimum absolute atomic E-state index is 0.0107. The number of nitrogens with one attached hydrogen (secondary N) is 1. The Bertz CT molecular complexity index is 1100. The molecule has 0 saturated carbocycles. The third kappa shape index (κ3) is 4.91. The van der Waals surface area contributed by atoms with Crippen molar-refractivity contribution < 1.29 is 13.2 Å². The van der Waals surface area contributed by atoms with Gasteiger partial charge in [0.15, 0.2) is 0 Å². The first-order valence-electron chi connectivity index (χ1n) is 10.1. The Morgan fingerprint density at radius 3 is 2.63 bits per heavy atom. The summed E-state index contributed by atoms with van der Waals surface area (Å²) in [6.07, 6.45) is 1.67. The molecule has 0 bridgehead atoms. The topological polar surface area (TPSA) is 84.3 Å². The third-order valence-corrected chi connectivity index (χ3v) is 8.12. The number of imidazole rings is 1. The van der Waals surface area contributed by atoms with Crippen LogP contribution in [-0.4, -0.2) is 47.8 Å². The van der Waals surface area contributed by atoms with Gasteiger partial charge in [-0.1, -0.05) is 19.9 Å². The predicted molar refractivity (Wildman–Crippen MR) is 120 cm³/mol. The van der Waals surface area contributed by atoms with Crippen LogP contribution < -0.4 is 5.32 Å². The van der Waals surface area contributed by atoms with Gasteiger partial charge in [-0.25, -0.2) is 13.4 Å². The van der Waals surface area contributed by atoms with Crippen molar-refractivity contribution in [2.75, 3.05) is 19.6 Å². The number of benzene rings is 1. The normalized spacial score (nSPS) is 12.0. The molecule has 3 rings (SSSR count). The molecule has 0 spiro atoms. The van der Waals surface area contributed by atoms with E-state index in [1.54, 1.807) is 29.5 Å². The molecule has 0 saturated heterocycles. The highest BCUT2D eigenvalue weighted by Gasteiger charge is 2.22. The predicted octanol–water partition coefficient (Wildman–Crippen LogP) is 2.96. The van der Waals surface area contributed by atoms with Crippen LogP contribution in [0, 0.1) is 0 Å². The van der Waals surface area contributed by atoms with Gasteiger partial charge < -0.3 is 9.88 Å². The van der Waals surface area contributed by atoms with Crippen molar-refractivity contribution >= 4 is 38.3 Å². The third-order valence-electron chi connectivity index (χ3n) is 5.14. The number of amides is 1. The fourth-order valence-corrected chi connectivity index (χ4v) is 5.61. The van der Waals surface area contributed by atoms with Crippen LogP contribution in [0.2, 0.25) is 0 Å². The fraction of sp³-hybridized carbons (Fsp3) is 0.429. The first-order chi connectivity index (χ1) is 14.4. The molecule has 9 heteroatoms. The van der Waals surface area contributed by atoms with Gasteiger partial charge in [0.2, 0.25) is 15.9 Å². The van der Waals surface area contributed by atoms with Crippen LogP contribution in [0.1, 0.15) is 31.0 Å². The van der Waals surface area contributed by atoms with Gasteiger partial charge in [-0.3, -0.25) is 4.79 Å². The smallest absolute Gasteiger partial charge is 0.243 e. The van der Waals surface area contributed by atoms with E-state index in [9.17, 15) is 13.2 Å². The standard InChI is InChI=1S/C21H28N4O3S2/c1-4-25(5-2)30(27,28)17-8-9-19-18(15-17)23-20(24(19)3)10-11-21(26)22-13-12-16-7-6-14-29-16/h6-9,14-15H,4-5,10-13H2,1-3H3,(H,22,26). The molecule has 1 aromatic carbocycles. The van der Waals surface area contributed by atoms with Gasteiger partial charge in [0.1, 0.15) is 5.82 Å². The van der Waals surface area contributed by atoms with E-state index in [0.717, 1.165) is 17.8 Å². The Hall–Kier alpha value is -2.23. The summed E-state index contributed by atoms with van der Waals surface area (Å²) in [4.78, 5) is 18.3. The molecule has 30 heavy (non-hydrogen) atoms. The van der Waals surface area contributed by atoms with Crippen LogP contribution in [0.5, 0.6) is 0 Å². The summed E-state index contributed by atoms with van der Waals surface area (Å²) < 4.78 is 28.9. The highest BCUT2D eigenvalue weighted by atomic mass is 32.2. The number of aryl methyl sites for hydroxylation is 2. The molecule has 0 atom stereocenters. The zero-order chi connectivity index (χ0) is 21.7. The van der Waals surface area contributed by atoms with Crippen molar-refractivity contribution in [3.63, 3.8) is 0 Å². The summed E-state index contributed by atoms with van der Waals surface area (Å²) in [7, 11) is -1.64. The number of nitrogens with zero attached hydrogens (tertiary/aromatic N) is 3. The second-order valence-electron chi connectivity index (χ2n) is 7.01. The van der Waals surface area contributed by atoms with Crippen LogP contribution in [0.3, 0.4) is 0 Å². The van der Waals surface area contributed by atoms with Crippen molar-refractivity contribution in [3.8, 4) is 0 Å². The minimum Gasteiger partial charge on any atom is -0.356 e. The molecule has 3 aromatic rings. The van der Waals surface area contributed by atoms with Gasteiger partial charge in [-0.2, -0.15) is 4.31 Å². The molecular weight excluding hydrogens is 420 g/mol. The summed E-state index contributed by atoms with van der Waals surface area (Å²) in [5.41, 5.74) is 1.47. The van der Waals surface area contributed by atoms with Crippen molar-refractivity contribution in [1.29, 1.82) is 0 Å². The Balaban J connectivity index is 1.66. The maximum absolute atomic E-state index is 12.8. The van der Waals surface area contributed by atoms with Gasteiger partial charge in [0.05, 0.1) is 15.9 Å². The number of rotatable bonds is 10. The largest absolute Gasteiger partial charge is 0.356 e. The molecule has 2 heterocycles. The minimum atomic E-state index is -3.53. The van der Waals surface area contributed by atoms with Gasteiger partial charge in [-0.15, -0.1) is 11.3 Å². The van der Waals surface area contributed by atoms with E-state index < -0.39 is 10.0 Å². The van der Waals surface area contributed by atoms with Crippen molar-refractivity contribution in [2.24, 2.45) is 7.05 Å². The van der Waals surface area contributed by atoms with Gasteiger partial charge >= 0.3 is 0 Å². The number of hydrogen-bond acceptors (Lipinski definition) is 5. The molecular formula is C21H28N4O3S2. The van der Waals surface area contributed by atoms with E-state index in [1.165, 1.54) is 9.18 Å². The summed E-state index contributed by atoms with van der Waals surface area (Å²) in [5, 5.41) is 4.97. The average Bonchev–Trinajstić information content (AvgIpc) is 3.35. The van der Waals surface area contributed by atoms with E-state index in [0.29, 0.717) is 38.0 Å². The highest BCUT2D eigenvalue weighted by molar-refractivity contribution is 7.89. The maximum atomic E-state index is 12.8. The maximum Gasteiger partial charge on any atom is 0.243 e. The Morgan fingerprint density at radius 2 is 1.97 bits per heavy atom. The highest BCUT2D eigenvalue weighted by Crippen LogP contribution is 2.22. The summed E-state index contributed by atoms with van der Waals surface area (Å²) in [5.74, 6) is 0.749. The van der Waals surface area contributed by atoms with E-state index in [1.807, 2.05) is 36.9 Å². The lowest BCUT2D eigenvalue weighted by Gasteiger charge is -2.18. The van der Waals surface area contributed by atoms with Crippen molar-refractivity contribution in [3.05, 3.63) is 46.4 Å². The molecule has 0 radical (unpaired) electrons. The number of carbonyl (C=O) groups is 1. The molecule has 0 aliphatic carbocycles. The van der Waals surface area contributed by atoms with Crippen LogP contribution in [0.4, 0.5) is 0 Å². The molecule has 0 fully saturated rings. The number of carbonyl (C=O) groups excluding carboxylic acids is 1. The zero-order valence-electron chi connectivity index (χ0n) is 17.6. The SMILES string of the molecule is CCN(CC)S(=O)(=O)c1ccc2c(c1)nc(CCC(=O)NCCc1cccs1)n2C. The molecule has 1 N–H and O–H groups in total. The fourth-order valence-electron chi connectivity index (χ4n) is 3.42. The van der Waals surface area contributed by atoms with Crippen molar-refractivity contribution in [2.45, 2.75) is 38.0 Å². The number of thiophene rings is 1. The summed E-state index contributed by atoms with van der Waals surface area (Å²) in [6, 6.07) is 9.09. The molecule has 0 aliphatic rings. The Kier molecular flexibility index (Phi) is 7.27. The van der Waals surface area contributed by atoms with E-state index in [-0.39, 0.29) is 10.8 Å². The first kappa shape index (κ1) is 22.5. The quantitative estimate of drug-likeness (QED) is 0.517. The lowest BCUT2D eigenvalue weighted by atomic mass is 10.2. The number of aromatic nitrogens is 2. The second-order valence-corrected chi connectivity index (χ2v) is 9.98. The molecule has 162 valence electrons. The molecule has 0 aliphatic heterocycles. The average molecular weight is 449 g/mol. The number of sulfonamides is 1. The van der Waals surface area contributed by atoms with E-state index in [4.69, 9.17) is 0 Å². The zero-order valence-corrected chi connectivity index (χ0v) is 19.2. The van der Waals surface area contributed by atoms with E-state index >= 15 is 0 Å². The number of hydrogen-bond donors (Lipinski definition) is 1. The number of fused-ring (bicyclic) bond motifs is 1. The second kappa shape index (κ2) is 9.72. The van der Waals surface area contributed by atoms with Gasteiger partial charge in [-0.05, 0) is 36.1 Å². The summed E-state index contributed by atoms with van der Waals surface area (Å²) in [6.45, 7) is 5.11. The van der Waals surface area contributed by atoms with Gasteiger partial charge in [0.25, 0.3) is 0 Å². The monoisotopic (exact) mass is 448 g/mol. The lowest BCUT2D eigenvalue weighted by Crippen LogP contribution is -2.30. The van der Waals surface area contributed by atoms with Gasteiger partial charge in [0, 0.05) is 44.4 Å². The van der Waals surface area contributed by atoms with Crippen LogP contribution >= 0.6 is 11.3 Å². The van der Waals surface area contributed by atoms with Crippen LogP contribution in [-0.2, 0) is 34.7 Å². The molecule has 0 unspecified atom stereocenters. The molecule has 1 amide bonds. The van der Waals surface area contributed by atoms with Crippen LogP contribution in [0.15, 0.2) is 40.6 Å². The molecule has 7 nitrogen and oxygen atoms in total. The van der Waals surface area contributed by atoms with E-state index in [2.05, 4.69) is 16.4 Å².